The molecule has 2 aliphatic rings. The van der Waals surface area contributed by atoms with Crippen molar-refractivity contribution in [3.05, 3.63) is 59.3 Å². The lowest BCUT2D eigenvalue weighted by molar-refractivity contribution is 0.0243. The fourth-order valence-corrected chi connectivity index (χ4v) is 6.72. The lowest BCUT2D eigenvalue weighted by atomic mass is 9.70. The first kappa shape index (κ1) is 23.2. The second-order valence-electron chi connectivity index (χ2n) is 9.47. The third-order valence-electron chi connectivity index (χ3n) is 7.37. The summed E-state index contributed by atoms with van der Waals surface area (Å²) in [6, 6.07) is 13.7. The first-order valence-electron chi connectivity index (χ1n) is 11.3. The van der Waals surface area contributed by atoms with Crippen molar-refractivity contribution in [1.29, 1.82) is 0 Å². The lowest BCUT2D eigenvalue weighted by Gasteiger charge is -2.55. The highest BCUT2D eigenvalue weighted by Gasteiger charge is 2.55. The Labute approximate surface area is 200 Å². The summed E-state index contributed by atoms with van der Waals surface area (Å²) in [7, 11) is 2.02. The van der Waals surface area contributed by atoms with E-state index in [2.05, 4.69) is 21.6 Å². The Balaban J connectivity index is 1.65. The van der Waals surface area contributed by atoms with Gasteiger partial charge in [0.1, 0.15) is 11.5 Å². The minimum Gasteiger partial charge on any atom is -0.497 e. The van der Waals surface area contributed by atoms with Crippen molar-refractivity contribution in [3.8, 4) is 11.5 Å². The van der Waals surface area contributed by atoms with Crippen molar-refractivity contribution in [2.45, 2.75) is 18.0 Å². The maximum atomic E-state index is 12.3. The van der Waals surface area contributed by atoms with Crippen LogP contribution in [0.5, 0.6) is 11.5 Å². The average Bonchev–Trinajstić information content (AvgIpc) is 3.08. The molecule has 0 unspecified atom stereocenters. The van der Waals surface area contributed by atoms with E-state index in [-0.39, 0.29) is 18.1 Å². The normalized spacial score (nSPS) is 20.3. The molecule has 3 heterocycles. The van der Waals surface area contributed by atoms with E-state index in [1.807, 2.05) is 37.4 Å². The number of sulfonamides is 1. The van der Waals surface area contributed by atoms with Crippen LogP contribution in [-0.4, -0.2) is 74.0 Å². The zero-order valence-corrected chi connectivity index (χ0v) is 20.8. The van der Waals surface area contributed by atoms with Crippen LogP contribution in [0.1, 0.15) is 22.9 Å². The van der Waals surface area contributed by atoms with Gasteiger partial charge in [-0.05, 0) is 35.4 Å². The molecule has 1 N–H and O–H groups in total. The van der Waals surface area contributed by atoms with Gasteiger partial charge in [-0.1, -0.05) is 12.1 Å². The van der Waals surface area contributed by atoms with E-state index in [0.29, 0.717) is 26.2 Å². The molecule has 2 aromatic carbocycles. The number of hydrogen-bond acceptors (Lipinski definition) is 6. The van der Waals surface area contributed by atoms with E-state index in [1.54, 1.807) is 18.5 Å². The molecule has 0 aliphatic carbocycles. The molecule has 1 atom stereocenters. The second kappa shape index (κ2) is 8.27. The molecule has 1 saturated heterocycles. The highest BCUT2D eigenvalue weighted by atomic mass is 32.2. The Morgan fingerprint density at radius 1 is 1.06 bits per heavy atom. The van der Waals surface area contributed by atoms with E-state index < -0.39 is 10.0 Å². The molecular weight excluding hydrogens is 454 g/mol. The summed E-state index contributed by atoms with van der Waals surface area (Å²) in [5.74, 6) is 1.55. The van der Waals surface area contributed by atoms with Crippen molar-refractivity contribution < 1.29 is 23.0 Å². The van der Waals surface area contributed by atoms with Crippen LogP contribution in [0, 0.1) is 0 Å². The van der Waals surface area contributed by atoms with E-state index in [9.17, 15) is 13.5 Å². The molecular formula is C25H31N3O5S. The SMILES string of the molecule is COc1cccc(CN2CC3(CN(S(C)(=O)=O)C3)c3c(n(C)c4cc(OC)ccc34)[C@H]2CO)c1. The summed E-state index contributed by atoms with van der Waals surface area (Å²) < 4.78 is 39.2. The number of aromatic nitrogens is 1. The Kier molecular flexibility index (Phi) is 5.63. The molecule has 2 aliphatic heterocycles. The Morgan fingerprint density at radius 3 is 2.41 bits per heavy atom. The Bertz CT molecular complexity index is 1340. The summed E-state index contributed by atoms with van der Waals surface area (Å²) in [6.45, 7) is 2.09. The third-order valence-corrected chi connectivity index (χ3v) is 8.56. The summed E-state index contributed by atoms with van der Waals surface area (Å²) >= 11 is 0. The molecule has 3 aromatic rings. The highest BCUT2D eigenvalue weighted by molar-refractivity contribution is 7.88. The summed E-state index contributed by atoms with van der Waals surface area (Å²) in [5, 5.41) is 11.7. The van der Waals surface area contributed by atoms with Gasteiger partial charge in [0, 0.05) is 55.8 Å². The Morgan fingerprint density at radius 2 is 1.76 bits per heavy atom. The third kappa shape index (κ3) is 3.58. The summed E-state index contributed by atoms with van der Waals surface area (Å²) in [6.07, 6.45) is 1.27. The number of benzene rings is 2. The van der Waals surface area contributed by atoms with Gasteiger partial charge in [-0.3, -0.25) is 4.90 Å². The molecule has 0 saturated carbocycles. The summed E-state index contributed by atoms with van der Waals surface area (Å²) in [5.41, 5.74) is 3.93. The van der Waals surface area contributed by atoms with Gasteiger partial charge in [-0.2, -0.15) is 0 Å². The first-order valence-corrected chi connectivity index (χ1v) is 13.2. The second-order valence-corrected chi connectivity index (χ2v) is 11.5. The van der Waals surface area contributed by atoms with Gasteiger partial charge in [0.15, 0.2) is 0 Å². The number of aliphatic hydroxyl groups is 1. The van der Waals surface area contributed by atoms with Crippen LogP contribution < -0.4 is 9.47 Å². The van der Waals surface area contributed by atoms with E-state index in [1.165, 1.54) is 6.26 Å². The molecule has 8 nitrogen and oxygen atoms in total. The van der Waals surface area contributed by atoms with Crippen molar-refractivity contribution >= 4 is 20.9 Å². The predicted molar refractivity (Wildman–Crippen MR) is 131 cm³/mol. The topological polar surface area (TPSA) is 84.2 Å². The monoisotopic (exact) mass is 485 g/mol. The number of ether oxygens (including phenoxy) is 2. The quantitative estimate of drug-likeness (QED) is 0.577. The molecule has 9 heteroatoms. The standard InChI is InChI=1S/C25H31N3O5S/c1-26-21-11-19(33-3)8-9-20(21)23-24(26)22(13-29)27(12-17-6-5-7-18(10-17)32-2)14-25(23)15-28(16-25)34(4,30)31/h5-11,22,29H,12-16H2,1-4H3/t22-/m1/s1. The van der Waals surface area contributed by atoms with Crippen LogP contribution in [0.15, 0.2) is 42.5 Å². The van der Waals surface area contributed by atoms with Crippen molar-refractivity contribution in [2.24, 2.45) is 7.05 Å². The van der Waals surface area contributed by atoms with E-state index in [0.717, 1.165) is 39.2 Å². The Hall–Kier alpha value is -2.59. The molecule has 1 spiro atoms. The molecule has 0 bridgehead atoms. The zero-order chi connectivity index (χ0) is 24.3. The number of aliphatic hydroxyl groups excluding tert-OH is 1. The number of fused-ring (bicyclic) bond motifs is 4. The van der Waals surface area contributed by atoms with Crippen LogP contribution in [0.25, 0.3) is 10.9 Å². The van der Waals surface area contributed by atoms with Gasteiger partial charge in [0.25, 0.3) is 0 Å². The molecule has 1 aromatic heterocycles. The van der Waals surface area contributed by atoms with Crippen LogP contribution in [0.3, 0.4) is 0 Å². The van der Waals surface area contributed by atoms with E-state index in [4.69, 9.17) is 9.47 Å². The highest BCUT2D eigenvalue weighted by Crippen LogP contribution is 2.50. The summed E-state index contributed by atoms with van der Waals surface area (Å²) in [4.78, 5) is 2.27. The van der Waals surface area contributed by atoms with Gasteiger partial charge in [-0.15, -0.1) is 0 Å². The van der Waals surface area contributed by atoms with Crippen LogP contribution in [-0.2, 0) is 29.0 Å². The van der Waals surface area contributed by atoms with Gasteiger partial charge < -0.3 is 19.1 Å². The number of aryl methyl sites for hydroxylation is 1. The van der Waals surface area contributed by atoms with Gasteiger partial charge in [0.05, 0.1) is 38.6 Å². The zero-order valence-electron chi connectivity index (χ0n) is 20.0. The number of hydrogen-bond donors (Lipinski definition) is 1. The minimum absolute atomic E-state index is 0.0376. The lowest BCUT2D eigenvalue weighted by Crippen LogP contribution is -2.67. The van der Waals surface area contributed by atoms with Crippen molar-refractivity contribution in [1.82, 2.24) is 13.8 Å². The first-order chi connectivity index (χ1) is 16.2. The largest absolute Gasteiger partial charge is 0.497 e. The van der Waals surface area contributed by atoms with Crippen LogP contribution in [0.2, 0.25) is 0 Å². The van der Waals surface area contributed by atoms with Crippen LogP contribution in [0.4, 0.5) is 0 Å². The van der Waals surface area contributed by atoms with Crippen LogP contribution >= 0.6 is 0 Å². The molecule has 0 amide bonds. The fraction of sp³-hybridized carbons (Fsp3) is 0.440. The molecule has 182 valence electrons. The average molecular weight is 486 g/mol. The minimum atomic E-state index is -3.28. The maximum absolute atomic E-state index is 12.3. The number of nitrogens with zero attached hydrogens (tertiary/aromatic N) is 3. The maximum Gasteiger partial charge on any atom is 0.211 e. The number of methoxy groups -OCH3 is 2. The van der Waals surface area contributed by atoms with E-state index >= 15 is 0 Å². The molecule has 0 radical (unpaired) electrons. The van der Waals surface area contributed by atoms with Crippen molar-refractivity contribution in [2.75, 3.05) is 46.7 Å². The van der Waals surface area contributed by atoms with Crippen molar-refractivity contribution in [3.63, 3.8) is 0 Å². The molecule has 34 heavy (non-hydrogen) atoms. The smallest absolute Gasteiger partial charge is 0.211 e. The molecule has 1 fully saturated rings. The number of rotatable bonds is 6. The fourth-order valence-electron chi connectivity index (χ4n) is 5.76. The van der Waals surface area contributed by atoms with Gasteiger partial charge in [-0.25, -0.2) is 12.7 Å². The van der Waals surface area contributed by atoms with Gasteiger partial charge in [0.2, 0.25) is 10.0 Å². The molecule has 5 rings (SSSR count). The van der Waals surface area contributed by atoms with Gasteiger partial charge >= 0.3 is 0 Å². The predicted octanol–water partition coefficient (Wildman–Crippen LogP) is 2.26.